The molecule has 2 aromatic rings. The highest BCUT2D eigenvalue weighted by Gasteiger charge is 2.09. The van der Waals surface area contributed by atoms with Gasteiger partial charge in [-0.1, -0.05) is 0 Å². The molecule has 1 atom stereocenters. The topological polar surface area (TPSA) is 45.4 Å². The Hall–Kier alpha value is -1.39. The fourth-order valence-electron chi connectivity index (χ4n) is 1.91. The third-order valence-corrected chi connectivity index (χ3v) is 4.09. The van der Waals surface area contributed by atoms with Gasteiger partial charge in [-0.05, 0) is 56.7 Å². The molecule has 0 aliphatic rings. The van der Waals surface area contributed by atoms with Crippen LogP contribution in [0.1, 0.15) is 30.9 Å². The Labute approximate surface area is 124 Å². The number of rotatable bonds is 7. The summed E-state index contributed by atoms with van der Waals surface area (Å²) in [6.07, 6.45) is 0.833. The summed E-state index contributed by atoms with van der Waals surface area (Å²) in [6, 6.07) is 12.5. The maximum Gasteiger partial charge on any atom is 0.126 e. The van der Waals surface area contributed by atoms with Gasteiger partial charge in [0.15, 0.2) is 0 Å². The number of furan rings is 1. The molecule has 0 saturated heterocycles. The first-order chi connectivity index (χ1) is 9.69. The van der Waals surface area contributed by atoms with Crippen molar-refractivity contribution in [3.8, 4) is 0 Å². The summed E-state index contributed by atoms with van der Waals surface area (Å²) in [6.45, 7) is 4.30. The van der Waals surface area contributed by atoms with E-state index in [0.717, 1.165) is 29.4 Å². The Kier molecular flexibility index (Phi) is 5.56. The van der Waals surface area contributed by atoms with E-state index >= 15 is 0 Å². The van der Waals surface area contributed by atoms with E-state index in [1.807, 2.05) is 19.1 Å². The van der Waals surface area contributed by atoms with Crippen LogP contribution in [0.15, 0.2) is 45.7 Å². The molecule has 1 heterocycles. The van der Waals surface area contributed by atoms with Crippen molar-refractivity contribution in [1.82, 2.24) is 0 Å². The predicted molar refractivity (Wildman–Crippen MR) is 84.4 cm³/mol. The zero-order valence-corrected chi connectivity index (χ0v) is 12.7. The molecule has 0 amide bonds. The maximum absolute atomic E-state index is 8.77. The molecule has 0 bridgehead atoms. The summed E-state index contributed by atoms with van der Waals surface area (Å²) >= 11 is 1.77. The van der Waals surface area contributed by atoms with Gasteiger partial charge in [-0.25, -0.2) is 0 Å². The van der Waals surface area contributed by atoms with Gasteiger partial charge in [0.25, 0.3) is 0 Å². The highest BCUT2D eigenvalue weighted by atomic mass is 32.2. The molecule has 0 spiro atoms. The highest BCUT2D eigenvalue weighted by molar-refractivity contribution is 7.99. The molecule has 1 aromatic carbocycles. The quantitative estimate of drug-likeness (QED) is 0.592. The minimum atomic E-state index is 0.150. The largest absolute Gasteiger partial charge is 0.464 e. The molecule has 4 heteroatoms. The first-order valence-corrected chi connectivity index (χ1v) is 7.84. The van der Waals surface area contributed by atoms with Crippen LogP contribution in [-0.4, -0.2) is 17.5 Å². The van der Waals surface area contributed by atoms with Crippen LogP contribution >= 0.6 is 11.8 Å². The van der Waals surface area contributed by atoms with Gasteiger partial charge in [0.1, 0.15) is 11.5 Å². The number of aryl methyl sites for hydroxylation is 1. The van der Waals surface area contributed by atoms with Gasteiger partial charge in [0.2, 0.25) is 0 Å². The Morgan fingerprint density at radius 1 is 1.20 bits per heavy atom. The average molecular weight is 291 g/mol. The Balaban J connectivity index is 1.90. The summed E-state index contributed by atoms with van der Waals surface area (Å²) in [5.74, 6) is 2.83. The number of benzene rings is 1. The Morgan fingerprint density at radius 3 is 2.55 bits per heavy atom. The lowest BCUT2D eigenvalue weighted by Crippen LogP contribution is -2.05. The molecule has 0 aliphatic carbocycles. The molecule has 2 rings (SSSR count). The van der Waals surface area contributed by atoms with Crippen LogP contribution in [0.3, 0.4) is 0 Å². The van der Waals surface area contributed by atoms with Crippen molar-refractivity contribution in [3.63, 3.8) is 0 Å². The van der Waals surface area contributed by atoms with E-state index in [1.54, 1.807) is 11.8 Å². The van der Waals surface area contributed by atoms with Crippen LogP contribution in [0.5, 0.6) is 0 Å². The molecular weight excluding hydrogens is 270 g/mol. The van der Waals surface area contributed by atoms with Gasteiger partial charge in [-0.15, -0.1) is 11.8 Å². The van der Waals surface area contributed by atoms with Gasteiger partial charge in [-0.2, -0.15) is 0 Å². The number of aliphatic hydroxyl groups excluding tert-OH is 1. The van der Waals surface area contributed by atoms with Crippen LogP contribution in [0.4, 0.5) is 5.69 Å². The van der Waals surface area contributed by atoms with Gasteiger partial charge in [0, 0.05) is 22.9 Å². The number of thioether (sulfide) groups is 1. The van der Waals surface area contributed by atoms with E-state index in [-0.39, 0.29) is 12.6 Å². The minimum Gasteiger partial charge on any atom is -0.464 e. The van der Waals surface area contributed by atoms with E-state index in [4.69, 9.17) is 9.52 Å². The summed E-state index contributed by atoms with van der Waals surface area (Å²) < 4.78 is 5.62. The Morgan fingerprint density at radius 2 is 1.95 bits per heavy atom. The molecule has 1 aromatic heterocycles. The normalized spacial score (nSPS) is 12.3. The number of aliphatic hydroxyl groups is 1. The summed E-state index contributed by atoms with van der Waals surface area (Å²) in [7, 11) is 0. The molecule has 20 heavy (non-hydrogen) atoms. The smallest absolute Gasteiger partial charge is 0.126 e. The van der Waals surface area contributed by atoms with Crippen LogP contribution in [0.2, 0.25) is 0 Å². The second-order valence-corrected chi connectivity index (χ2v) is 5.93. The van der Waals surface area contributed by atoms with Crippen molar-refractivity contribution in [2.75, 3.05) is 17.7 Å². The van der Waals surface area contributed by atoms with Crippen LogP contribution in [-0.2, 0) is 0 Å². The van der Waals surface area contributed by atoms with Gasteiger partial charge in [-0.3, -0.25) is 0 Å². The highest BCUT2D eigenvalue weighted by Crippen LogP contribution is 2.24. The molecule has 108 valence electrons. The fourth-order valence-corrected chi connectivity index (χ4v) is 2.75. The summed E-state index contributed by atoms with van der Waals surface area (Å²) in [5.41, 5.74) is 1.08. The van der Waals surface area contributed by atoms with Crippen molar-refractivity contribution in [1.29, 1.82) is 0 Å². The van der Waals surface area contributed by atoms with E-state index < -0.39 is 0 Å². The lowest BCUT2D eigenvalue weighted by Gasteiger charge is -2.13. The van der Waals surface area contributed by atoms with Gasteiger partial charge in [0.05, 0.1) is 6.04 Å². The van der Waals surface area contributed by atoms with E-state index in [1.165, 1.54) is 4.90 Å². The Bertz CT molecular complexity index is 522. The van der Waals surface area contributed by atoms with E-state index in [0.29, 0.717) is 0 Å². The van der Waals surface area contributed by atoms with E-state index in [2.05, 4.69) is 36.5 Å². The van der Waals surface area contributed by atoms with Gasteiger partial charge >= 0.3 is 0 Å². The van der Waals surface area contributed by atoms with Gasteiger partial charge < -0.3 is 14.8 Å². The summed E-state index contributed by atoms with van der Waals surface area (Å²) in [5, 5.41) is 12.2. The lowest BCUT2D eigenvalue weighted by molar-refractivity contribution is 0.296. The number of nitrogens with one attached hydrogen (secondary N) is 1. The van der Waals surface area contributed by atoms with Crippen molar-refractivity contribution in [2.45, 2.75) is 31.2 Å². The number of anilines is 1. The zero-order chi connectivity index (χ0) is 14.4. The van der Waals surface area contributed by atoms with Crippen LogP contribution in [0.25, 0.3) is 0 Å². The minimum absolute atomic E-state index is 0.150. The van der Waals surface area contributed by atoms with Crippen molar-refractivity contribution in [3.05, 3.63) is 47.9 Å². The molecular formula is C16H21NO2S. The monoisotopic (exact) mass is 291 g/mol. The fraction of sp³-hybridized carbons (Fsp3) is 0.375. The number of hydrogen-bond donors (Lipinski definition) is 2. The first kappa shape index (κ1) is 15.0. The molecule has 0 saturated carbocycles. The molecule has 3 nitrogen and oxygen atoms in total. The molecule has 2 N–H and O–H groups in total. The van der Waals surface area contributed by atoms with Crippen molar-refractivity contribution < 1.29 is 9.52 Å². The molecule has 0 fully saturated rings. The van der Waals surface area contributed by atoms with Crippen molar-refractivity contribution in [2.24, 2.45) is 0 Å². The van der Waals surface area contributed by atoms with Crippen molar-refractivity contribution >= 4 is 17.4 Å². The molecule has 0 radical (unpaired) electrons. The standard InChI is InChI=1S/C16H21NO2S/c1-12-4-9-16(19-12)13(2)17-14-5-7-15(8-6-14)20-11-3-10-18/h4-9,13,17-18H,3,10-11H2,1-2H3. The molecule has 0 aliphatic heterocycles. The second-order valence-electron chi connectivity index (χ2n) is 4.76. The first-order valence-electron chi connectivity index (χ1n) is 6.85. The maximum atomic E-state index is 8.77. The lowest BCUT2D eigenvalue weighted by atomic mass is 10.2. The second kappa shape index (κ2) is 7.41. The van der Waals surface area contributed by atoms with Crippen LogP contribution < -0.4 is 5.32 Å². The van der Waals surface area contributed by atoms with Crippen LogP contribution in [0, 0.1) is 6.92 Å². The SMILES string of the molecule is Cc1ccc(C(C)Nc2ccc(SCCCO)cc2)o1. The third-order valence-electron chi connectivity index (χ3n) is 3.00. The summed E-state index contributed by atoms with van der Waals surface area (Å²) in [4.78, 5) is 1.23. The molecule has 1 unspecified atom stereocenters. The third kappa shape index (κ3) is 4.32. The van der Waals surface area contributed by atoms with E-state index in [9.17, 15) is 0 Å². The number of hydrogen-bond acceptors (Lipinski definition) is 4. The average Bonchev–Trinajstić information content (AvgIpc) is 2.88. The predicted octanol–water partition coefficient (Wildman–Crippen LogP) is 4.24. The zero-order valence-electron chi connectivity index (χ0n) is 11.9.